The van der Waals surface area contributed by atoms with E-state index in [1.807, 2.05) is 0 Å². The zero-order valence-corrected chi connectivity index (χ0v) is 14.2. The number of nitrogens with one attached hydrogen (secondary N) is 1. The highest BCUT2D eigenvalue weighted by atomic mass is 14.9. The number of hydrogen-bond donors (Lipinski definition) is 1. The first-order valence-corrected chi connectivity index (χ1v) is 8.24. The van der Waals surface area contributed by atoms with Crippen LogP contribution in [0.2, 0.25) is 0 Å². The van der Waals surface area contributed by atoms with Crippen LogP contribution < -0.4 is 5.32 Å². The third kappa shape index (κ3) is 3.47. The van der Waals surface area contributed by atoms with Gasteiger partial charge in [0.15, 0.2) is 0 Å². The highest BCUT2D eigenvalue weighted by Gasteiger charge is 2.23. The van der Waals surface area contributed by atoms with Gasteiger partial charge in [0.05, 0.1) is 0 Å². The molecular formula is C20H29N. The molecule has 1 aliphatic rings. The molecule has 0 amide bonds. The first-order valence-electron chi connectivity index (χ1n) is 8.24. The van der Waals surface area contributed by atoms with Crippen LogP contribution in [0, 0.1) is 0 Å². The van der Waals surface area contributed by atoms with Crippen molar-refractivity contribution < 1.29 is 0 Å². The van der Waals surface area contributed by atoms with E-state index in [0.29, 0.717) is 12.0 Å². The van der Waals surface area contributed by atoms with E-state index in [1.54, 1.807) is 0 Å². The maximum atomic E-state index is 3.66. The summed E-state index contributed by atoms with van der Waals surface area (Å²) in [5.74, 6) is 0.455. The minimum atomic E-state index is 0.412. The molecular weight excluding hydrogens is 254 g/mol. The molecule has 2 atom stereocenters. The molecule has 2 unspecified atom stereocenters. The lowest BCUT2D eigenvalue weighted by molar-refractivity contribution is 0.550. The molecule has 1 aromatic carbocycles. The van der Waals surface area contributed by atoms with Gasteiger partial charge in [-0.3, -0.25) is 0 Å². The van der Waals surface area contributed by atoms with Crippen LogP contribution in [0.4, 0.5) is 0 Å². The quantitative estimate of drug-likeness (QED) is 0.678. The Kier molecular flexibility index (Phi) is 5.41. The molecule has 0 saturated carbocycles. The standard InChI is InChI=1S/C20H29N/c1-6-7-12-21-17(5)18-10-8-9-11-19(18)20-13-14(2)15(3)16(20)4/h8-11,13,17,20-21H,6-7,12H2,1-5H3. The molecule has 0 aromatic heterocycles. The van der Waals surface area contributed by atoms with E-state index in [2.05, 4.69) is 70.3 Å². The first kappa shape index (κ1) is 16.0. The lowest BCUT2D eigenvalue weighted by Gasteiger charge is -2.22. The predicted molar refractivity (Wildman–Crippen MR) is 92.6 cm³/mol. The minimum Gasteiger partial charge on any atom is -0.310 e. The fraction of sp³-hybridized carbons (Fsp3) is 0.500. The third-order valence-electron chi connectivity index (χ3n) is 4.84. The normalized spacial score (nSPS) is 19.9. The zero-order chi connectivity index (χ0) is 15.4. The molecule has 1 aromatic rings. The van der Waals surface area contributed by atoms with E-state index in [9.17, 15) is 0 Å². The molecule has 21 heavy (non-hydrogen) atoms. The molecule has 2 rings (SSSR count). The topological polar surface area (TPSA) is 12.0 Å². The summed E-state index contributed by atoms with van der Waals surface area (Å²) >= 11 is 0. The molecule has 114 valence electrons. The van der Waals surface area contributed by atoms with Crippen LogP contribution in [0.1, 0.15) is 70.5 Å². The van der Waals surface area contributed by atoms with Crippen molar-refractivity contribution in [2.24, 2.45) is 0 Å². The van der Waals surface area contributed by atoms with Crippen LogP contribution in [0.5, 0.6) is 0 Å². The van der Waals surface area contributed by atoms with E-state index < -0.39 is 0 Å². The summed E-state index contributed by atoms with van der Waals surface area (Å²) in [4.78, 5) is 0. The van der Waals surface area contributed by atoms with Gasteiger partial charge in [-0.15, -0.1) is 0 Å². The molecule has 0 bridgehead atoms. The number of unbranched alkanes of at least 4 members (excludes halogenated alkanes) is 1. The number of rotatable bonds is 6. The summed E-state index contributed by atoms with van der Waals surface area (Å²) in [6, 6.07) is 9.32. The monoisotopic (exact) mass is 283 g/mol. The van der Waals surface area contributed by atoms with Crippen molar-refractivity contribution in [2.45, 2.75) is 59.4 Å². The van der Waals surface area contributed by atoms with E-state index in [-0.39, 0.29) is 0 Å². The van der Waals surface area contributed by atoms with Crippen LogP contribution in [-0.2, 0) is 0 Å². The molecule has 1 heteroatoms. The van der Waals surface area contributed by atoms with Crippen LogP contribution >= 0.6 is 0 Å². The Morgan fingerprint density at radius 3 is 2.48 bits per heavy atom. The van der Waals surface area contributed by atoms with Gasteiger partial charge >= 0.3 is 0 Å². The summed E-state index contributed by atoms with van der Waals surface area (Å²) in [5.41, 5.74) is 7.29. The van der Waals surface area contributed by atoms with Crippen molar-refractivity contribution in [3.05, 3.63) is 58.2 Å². The van der Waals surface area contributed by atoms with Gasteiger partial charge < -0.3 is 5.32 Å². The number of hydrogen-bond acceptors (Lipinski definition) is 1. The smallest absolute Gasteiger partial charge is 0.0294 e. The Balaban J connectivity index is 2.26. The Morgan fingerprint density at radius 1 is 1.14 bits per heavy atom. The van der Waals surface area contributed by atoms with Crippen LogP contribution in [-0.4, -0.2) is 6.54 Å². The maximum Gasteiger partial charge on any atom is 0.0294 e. The number of benzene rings is 1. The lowest BCUT2D eigenvalue weighted by atomic mass is 9.88. The van der Waals surface area contributed by atoms with E-state index in [0.717, 1.165) is 6.54 Å². The molecule has 0 heterocycles. The molecule has 0 fully saturated rings. The summed E-state index contributed by atoms with van der Waals surface area (Å²) in [7, 11) is 0. The Bertz CT molecular complexity index is 551. The molecule has 1 nitrogen and oxygen atoms in total. The third-order valence-corrected chi connectivity index (χ3v) is 4.84. The minimum absolute atomic E-state index is 0.412. The predicted octanol–water partition coefficient (Wildman–Crippen LogP) is 5.52. The largest absolute Gasteiger partial charge is 0.310 e. The highest BCUT2D eigenvalue weighted by molar-refractivity contribution is 5.51. The van der Waals surface area contributed by atoms with E-state index >= 15 is 0 Å². The van der Waals surface area contributed by atoms with Gasteiger partial charge in [-0.2, -0.15) is 0 Å². The fourth-order valence-corrected chi connectivity index (χ4v) is 3.16. The lowest BCUT2D eigenvalue weighted by Crippen LogP contribution is -2.21. The second kappa shape index (κ2) is 7.09. The molecule has 1 N–H and O–H groups in total. The Hall–Kier alpha value is -1.34. The number of allylic oxidation sites excluding steroid dienone is 4. The molecule has 1 aliphatic carbocycles. The molecule has 0 radical (unpaired) electrons. The highest BCUT2D eigenvalue weighted by Crippen LogP contribution is 2.39. The van der Waals surface area contributed by atoms with Gasteiger partial charge in [0.25, 0.3) is 0 Å². The Labute approximate surface area is 130 Å². The first-order chi connectivity index (χ1) is 10.1. The Morgan fingerprint density at radius 2 is 1.86 bits per heavy atom. The van der Waals surface area contributed by atoms with Crippen molar-refractivity contribution in [3.8, 4) is 0 Å². The van der Waals surface area contributed by atoms with Crippen molar-refractivity contribution in [1.29, 1.82) is 0 Å². The average Bonchev–Trinajstić information content (AvgIpc) is 2.75. The van der Waals surface area contributed by atoms with E-state index in [4.69, 9.17) is 0 Å². The SMILES string of the molecule is CCCCNC(C)c1ccccc1C1C=C(C)C(C)=C1C. The summed E-state index contributed by atoms with van der Waals surface area (Å²) in [5, 5.41) is 3.66. The summed E-state index contributed by atoms with van der Waals surface area (Å²) in [6.45, 7) is 12.4. The van der Waals surface area contributed by atoms with E-state index in [1.165, 1.54) is 40.7 Å². The molecule has 0 spiro atoms. The van der Waals surface area contributed by atoms with Gasteiger partial charge in [-0.1, -0.05) is 54.8 Å². The summed E-state index contributed by atoms with van der Waals surface area (Å²) in [6.07, 6.45) is 4.90. The van der Waals surface area contributed by atoms with Crippen LogP contribution in [0.25, 0.3) is 0 Å². The van der Waals surface area contributed by atoms with Crippen LogP contribution in [0.15, 0.2) is 47.1 Å². The zero-order valence-electron chi connectivity index (χ0n) is 14.2. The second-order valence-electron chi connectivity index (χ2n) is 6.29. The second-order valence-corrected chi connectivity index (χ2v) is 6.29. The van der Waals surface area contributed by atoms with Gasteiger partial charge in [-0.25, -0.2) is 0 Å². The van der Waals surface area contributed by atoms with Gasteiger partial charge in [0, 0.05) is 12.0 Å². The van der Waals surface area contributed by atoms with Crippen LogP contribution in [0.3, 0.4) is 0 Å². The molecule has 0 saturated heterocycles. The van der Waals surface area contributed by atoms with Crippen molar-refractivity contribution in [3.63, 3.8) is 0 Å². The van der Waals surface area contributed by atoms with Gasteiger partial charge in [0.1, 0.15) is 0 Å². The summed E-state index contributed by atoms with van der Waals surface area (Å²) < 4.78 is 0. The van der Waals surface area contributed by atoms with Crippen molar-refractivity contribution in [1.82, 2.24) is 5.32 Å². The van der Waals surface area contributed by atoms with Gasteiger partial charge in [0.2, 0.25) is 0 Å². The average molecular weight is 283 g/mol. The maximum absolute atomic E-state index is 3.66. The molecule has 0 aliphatic heterocycles. The van der Waals surface area contributed by atoms with Crippen molar-refractivity contribution >= 4 is 0 Å². The van der Waals surface area contributed by atoms with Gasteiger partial charge in [-0.05, 0) is 57.4 Å². The fourth-order valence-electron chi connectivity index (χ4n) is 3.16. The van der Waals surface area contributed by atoms with Crippen molar-refractivity contribution in [2.75, 3.05) is 6.54 Å².